The van der Waals surface area contributed by atoms with Gasteiger partial charge in [0.05, 0.1) is 11.4 Å². The molecule has 0 N–H and O–H groups in total. The van der Waals surface area contributed by atoms with Gasteiger partial charge >= 0.3 is 0 Å². The zero-order valence-corrected chi connectivity index (χ0v) is 34.2. The van der Waals surface area contributed by atoms with Gasteiger partial charge < -0.3 is 4.90 Å². The molecule has 60 heavy (non-hydrogen) atoms. The normalized spacial score (nSPS) is 13.8. The number of benzene rings is 9. The van der Waals surface area contributed by atoms with E-state index >= 15 is 0 Å². The second kappa shape index (κ2) is 14.0. The largest absolute Gasteiger partial charge is 0.309 e. The summed E-state index contributed by atoms with van der Waals surface area (Å²) in [6.45, 7) is 7.24. The van der Waals surface area contributed by atoms with E-state index in [9.17, 15) is 0 Å². The molecule has 0 amide bonds. The number of para-hydroxylation sites is 1. The number of fused-ring (bicyclic) bond motifs is 6. The van der Waals surface area contributed by atoms with Crippen LogP contribution in [-0.2, 0) is 10.8 Å². The molecule has 0 bridgehead atoms. The molecular formula is C59H45N. The van der Waals surface area contributed by atoms with E-state index in [1.165, 1.54) is 83.5 Å². The average molecular weight is 768 g/mol. The minimum Gasteiger partial charge on any atom is -0.309 e. The summed E-state index contributed by atoms with van der Waals surface area (Å²) in [4.78, 5) is 2.50. The van der Waals surface area contributed by atoms with E-state index in [4.69, 9.17) is 0 Å². The van der Waals surface area contributed by atoms with Crippen molar-refractivity contribution in [3.63, 3.8) is 0 Å². The summed E-state index contributed by atoms with van der Waals surface area (Å²) in [5.41, 5.74) is 22.1. The highest BCUT2D eigenvalue weighted by atomic mass is 15.1. The molecule has 2 aliphatic carbocycles. The summed E-state index contributed by atoms with van der Waals surface area (Å²) in [5.74, 6) is 0. The fourth-order valence-corrected chi connectivity index (χ4v) is 10.3. The number of hydrogen-bond acceptors (Lipinski definition) is 1. The van der Waals surface area contributed by atoms with Gasteiger partial charge in [0.1, 0.15) is 0 Å². The third-order valence-corrected chi connectivity index (χ3v) is 13.4. The molecule has 0 atom stereocenters. The number of anilines is 3. The predicted octanol–water partition coefficient (Wildman–Crippen LogP) is 15.8. The maximum absolute atomic E-state index is 2.52. The van der Waals surface area contributed by atoms with Gasteiger partial charge in [-0.3, -0.25) is 0 Å². The predicted molar refractivity (Wildman–Crippen MR) is 252 cm³/mol. The van der Waals surface area contributed by atoms with Crippen LogP contribution in [0.3, 0.4) is 0 Å². The van der Waals surface area contributed by atoms with E-state index in [-0.39, 0.29) is 10.8 Å². The Morgan fingerprint density at radius 3 is 1.40 bits per heavy atom. The Hall–Kier alpha value is -7.22. The molecule has 9 aromatic rings. The van der Waals surface area contributed by atoms with Crippen LogP contribution in [0.1, 0.15) is 48.6 Å². The van der Waals surface area contributed by atoms with E-state index in [1.807, 2.05) is 0 Å². The lowest BCUT2D eigenvalue weighted by Crippen LogP contribution is -2.24. The first kappa shape index (κ1) is 35.9. The van der Waals surface area contributed by atoms with Crippen LogP contribution in [0.2, 0.25) is 0 Å². The van der Waals surface area contributed by atoms with E-state index in [2.05, 4.69) is 244 Å². The zero-order valence-electron chi connectivity index (χ0n) is 34.2. The highest BCUT2D eigenvalue weighted by Crippen LogP contribution is 2.56. The summed E-state index contributed by atoms with van der Waals surface area (Å²) >= 11 is 0. The van der Waals surface area contributed by atoms with Gasteiger partial charge in [-0.15, -0.1) is 0 Å². The lowest BCUT2D eigenvalue weighted by atomic mass is 9.72. The van der Waals surface area contributed by atoms with E-state index in [1.54, 1.807) is 0 Å². The van der Waals surface area contributed by atoms with E-state index in [0.717, 1.165) is 17.1 Å². The molecule has 11 rings (SSSR count). The van der Waals surface area contributed by atoms with Crippen LogP contribution in [0, 0.1) is 0 Å². The monoisotopic (exact) mass is 767 g/mol. The van der Waals surface area contributed by atoms with Gasteiger partial charge in [0.25, 0.3) is 0 Å². The van der Waals surface area contributed by atoms with Gasteiger partial charge in [0.2, 0.25) is 0 Å². The Bertz CT molecular complexity index is 3020. The topological polar surface area (TPSA) is 3.24 Å². The Labute approximate surface area is 353 Å². The summed E-state index contributed by atoms with van der Waals surface area (Å²) in [6.07, 6.45) is 0. The van der Waals surface area contributed by atoms with Crippen molar-refractivity contribution in [2.24, 2.45) is 0 Å². The molecule has 1 nitrogen and oxygen atoms in total. The zero-order chi connectivity index (χ0) is 40.4. The van der Waals surface area contributed by atoms with Crippen molar-refractivity contribution in [3.8, 4) is 55.6 Å². The molecule has 0 saturated heterocycles. The SMILES string of the molecule is CC1(C)c2cc(N(c3ccccc3-c3ccccc3)c3ccc(-c4ccccc4)cc3-c3ccccc3)ccc2-c2ccc(C3(C)c4ccccc4-c4ccccc43)cc21. The van der Waals surface area contributed by atoms with Crippen molar-refractivity contribution >= 4 is 17.1 Å². The van der Waals surface area contributed by atoms with Crippen LogP contribution in [0.15, 0.2) is 218 Å². The van der Waals surface area contributed by atoms with Crippen molar-refractivity contribution in [2.75, 3.05) is 4.90 Å². The molecule has 0 radical (unpaired) electrons. The maximum atomic E-state index is 2.52. The number of rotatable bonds is 7. The van der Waals surface area contributed by atoms with Crippen LogP contribution in [-0.4, -0.2) is 0 Å². The molecule has 0 heterocycles. The van der Waals surface area contributed by atoms with Crippen molar-refractivity contribution in [1.29, 1.82) is 0 Å². The highest BCUT2D eigenvalue weighted by molar-refractivity contribution is 5.96. The average Bonchev–Trinajstić information content (AvgIpc) is 3.71. The standard InChI is InChI=1S/C59H45N/c1-58(2)54-38-44(59(3)52-28-16-13-26-47(52)48-27-14-17-29-53(48)59)32-34-49(54)50-35-33-45(39-55(50)58)60(56-30-18-15-25-46(56)41-21-9-5-10-22-41)57-36-31-43(40-19-7-4-8-20-40)37-51(57)42-23-11-6-12-24-42/h4-39H,1-3H3. The molecule has 286 valence electrons. The van der Waals surface area contributed by atoms with Crippen molar-refractivity contribution in [3.05, 3.63) is 246 Å². The maximum Gasteiger partial charge on any atom is 0.0540 e. The Morgan fingerprint density at radius 2 is 0.767 bits per heavy atom. The summed E-state index contributed by atoms with van der Waals surface area (Å²) in [6, 6.07) is 80.6. The second-order valence-electron chi connectivity index (χ2n) is 17.0. The Morgan fingerprint density at radius 1 is 0.300 bits per heavy atom. The first-order valence-electron chi connectivity index (χ1n) is 21.1. The third-order valence-electron chi connectivity index (χ3n) is 13.4. The summed E-state index contributed by atoms with van der Waals surface area (Å²) in [5, 5.41) is 0. The molecule has 0 unspecified atom stereocenters. The van der Waals surface area contributed by atoms with E-state index in [0.29, 0.717) is 0 Å². The lowest BCUT2D eigenvalue weighted by Gasteiger charge is -2.32. The summed E-state index contributed by atoms with van der Waals surface area (Å²) in [7, 11) is 0. The minimum absolute atomic E-state index is 0.241. The molecular weight excluding hydrogens is 723 g/mol. The molecule has 0 fully saturated rings. The van der Waals surface area contributed by atoms with Gasteiger partial charge in [0.15, 0.2) is 0 Å². The van der Waals surface area contributed by atoms with Gasteiger partial charge in [-0.1, -0.05) is 202 Å². The second-order valence-corrected chi connectivity index (χ2v) is 17.0. The molecule has 0 spiro atoms. The van der Waals surface area contributed by atoms with Gasteiger partial charge in [-0.25, -0.2) is 0 Å². The minimum atomic E-state index is -0.254. The molecule has 0 aliphatic heterocycles. The first-order chi connectivity index (χ1) is 29.4. The van der Waals surface area contributed by atoms with Crippen molar-refractivity contribution in [1.82, 2.24) is 0 Å². The van der Waals surface area contributed by atoms with Crippen molar-refractivity contribution in [2.45, 2.75) is 31.6 Å². The smallest absolute Gasteiger partial charge is 0.0540 e. The van der Waals surface area contributed by atoms with Crippen LogP contribution in [0.4, 0.5) is 17.1 Å². The molecule has 0 saturated carbocycles. The number of nitrogens with zero attached hydrogens (tertiary/aromatic N) is 1. The molecule has 2 aliphatic rings. The quantitative estimate of drug-likeness (QED) is 0.156. The Balaban J connectivity index is 1.10. The van der Waals surface area contributed by atoms with Crippen LogP contribution >= 0.6 is 0 Å². The highest BCUT2D eigenvalue weighted by Gasteiger charge is 2.43. The summed E-state index contributed by atoms with van der Waals surface area (Å²) < 4.78 is 0. The van der Waals surface area contributed by atoms with Crippen LogP contribution in [0.5, 0.6) is 0 Å². The van der Waals surface area contributed by atoms with Gasteiger partial charge in [0, 0.05) is 27.6 Å². The molecule has 9 aromatic carbocycles. The van der Waals surface area contributed by atoms with Gasteiger partial charge in [-0.05, 0) is 110 Å². The number of hydrogen-bond donors (Lipinski definition) is 0. The van der Waals surface area contributed by atoms with Gasteiger partial charge in [-0.2, -0.15) is 0 Å². The fourth-order valence-electron chi connectivity index (χ4n) is 10.3. The van der Waals surface area contributed by atoms with Crippen LogP contribution in [0.25, 0.3) is 55.6 Å². The molecule has 1 heteroatoms. The van der Waals surface area contributed by atoms with Crippen LogP contribution < -0.4 is 4.90 Å². The van der Waals surface area contributed by atoms with Crippen molar-refractivity contribution < 1.29 is 0 Å². The lowest BCUT2D eigenvalue weighted by molar-refractivity contribution is 0.652. The first-order valence-corrected chi connectivity index (χ1v) is 21.1. The molecule has 0 aromatic heterocycles. The Kier molecular flexibility index (Phi) is 8.36. The third kappa shape index (κ3) is 5.53. The van der Waals surface area contributed by atoms with E-state index < -0.39 is 0 Å². The fraction of sp³-hybridized carbons (Fsp3) is 0.0847.